The Hall–Kier alpha value is -0.440. The van der Waals surface area contributed by atoms with Gasteiger partial charge in [0.1, 0.15) is 0 Å². The van der Waals surface area contributed by atoms with E-state index in [2.05, 4.69) is 39.5 Å². The molecule has 0 atom stereocenters. The summed E-state index contributed by atoms with van der Waals surface area (Å²) < 4.78 is 0. The predicted molar refractivity (Wildman–Crippen MR) is 56.0 cm³/mol. The van der Waals surface area contributed by atoms with Crippen molar-refractivity contribution >= 4 is 0 Å². The van der Waals surface area contributed by atoms with Crippen molar-refractivity contribution in [1.29, 1.82) is 0 Å². The van der Waals surface area contributed by atoms with Gasteiger partial charge in [-0.15, -0.1) is 11.8 Å². The lowest BCUT2D eigenvalue weighted by molar-refractivity contribution is 0.384. The summed E-state index contributed by atoms with van der Waals surface area (Å²) in [4.78, 5) is 0. The fourth-order valence-corrected chi connectivity index (χ4v) is 0.879. The first-order valence-corrected chi connectivity index (χ1v) is 5.02. The molecule has 70 valence electrons. The van der Waals surface area contributed by atoms with Crippen LogP contribution in [0.25, 0.3) is 0 Å². The van der Waals surface area contributed by atoms with E-state index < -0.39 is 0 Å². The lowest BCUT2D eigenvalue weighted by atomic mass is 9.91. The van der Waals surface area contributed by atoms with Gasteiger partial charge in [-0.3, -0.25) is 0 Å². The van der Waals surface area contributed by atoms with Crippen molar-refractivity contribution in [2.24, 2.45) is 5.41 Å². The van der Waals surface area contributed by atoms with Crippen LogP contribution < -0.4 is 0 Å². The number of hydrogen-bond acceptors (Lipinski definition) is 0. The molecule has 0 unspecified atom stereocenters. The van der Waals surface area contributed by atoms with Crippen molar-refractivity contribution < 1.29 is 0 Å². The van der Waals surface area contributed by atoms with Gasteiger partial charge in [-0.05, 0) is 18.3 Å². The maximum absolute atomic E-state index is 3.23. The van der Waals surface area contributed by atoms with E-state index in [1.165, 1.54) is 19.3 Å². The zero-order valence-corrected chi connectivity index (χ0v) is 9.04. The average molecular weight is 166 g/mol. The highest BCUT2D eigenvalue weighted by atomic mass is 14.1. The summed E-state index contributed by atoms with van der Waals surface area (Å²) in [5, 5.41) is 0. The molecule has 0 aromatic rings. The first-order chi connectivity index (χ1) is 5.56. The topological polar surface area (TPSA) is 0 Å². The Bertz CT molecular complexity index is 149. The first kappa shape index (κ1) is 11.6. The standard InChI is InChI=1S/C12H22/c1-5-6-7-8-9-10-11-12(2,3)4/h5-7,10-11H2,1-4H3. The maximum Gasteiger partial charge on any atom is 0.00936 e. The molecule has 0 aliphatic heterocycles. The van der Waals surface area contributed by atoms with Crippen LogP contribution in [0.1, 0.15) is 59.8 Å². The minimum atomic E-state index is 0.444. The molecule has 0 nitrogen and oxygen atoms in total. The van der Waals surface area contributed by atoms with Crippen LogP contribution in [0.4, 0.5) is 0 Å². The van der Waals surface area contributed by atoms with Gasteiger partial charge in [0.2, 0.25) is 0 Å². The Morgan fingerprint density at radius 2 is 1.58 bits per heavy atom. The Morgan fingerprint density at radius 3 is 2.08 bits per heavy atom. The zero-order valence-electron chi connectivity index (χ0n) is 9.04. The SMILES string of the molecule is CCCCC#CCCC(C)(C)C. The van der Waals surface area contributed by atoms with E-state index in [-0.39, 0.29) is 0 Å². The largest absolute Gasteiger partial charge is 0.103 e. The summed E-state index contributed by atoms with van der Waals surface area (Å²) in [6.07, 6.45) is 5.87. The molecule has 12 heavy (non-hydrogen) atoms. The third kappa shape index (κ3) is 9.56. The van der Waals surface area contributed by atoms with Crippen molar-refractivity contribution in [3.8, 4) is 11.8 Å². The maximum atomic E-state index is 3.23. The van der Waals surface area contributed by atoms with E-state index in [0.717, 1.165) is 12.8 Å². The summed E-state index contributed by atoms with van der Waals surface area (Å²) in [7, 11) is 0. The smallest absolute Gasteiger partial charge is 0.00936 e. The molecule has 0 aliphatic carbocycles. The van der Waals surface area contributed by atoms with E-state index in [4.69, 9.17) is 0 Å². The molecule has 0 radical (unpaired) electrons. The molecular formula is C12H22. The highest BCUT2D eigenvalue weighted by molar-refractivity contribution is 4.99. The molecule has 0 heterocycles. The van der Waals surface area contributed by atoms with Gasteiger partial charge in [-0.2, -0.15) is 0 Å². The summed E-state index contributed by atoms with van der Waals surface area (Å²) in [6, 6.07) is 0. The van der Waals surface area contributed by atoms with Gasteiger partial charge in [-0.25, -0.2) is 0 Å². The van der Waals surface area contributed by atoms with Crippen LogP contribution in [0.2, 0.25) is 0 Å². The van der Waals surface area contributed by atoms with E-state index in [1.807, 2.05) is 0 Å². The molecule has 0 fully saturated rings. The number of hydrogen-bond donors (Lipinski definition) is 0. The van der Waals surface area contributed by atoms with E-state index in [9.17, 15) is 0 Å². The Kier molecular flexibility index (Phi) is 5.89. The van der Waals surface area contributed by atoms with Gasteiger partial charge in [0.15, 0.2) is 0 Å². The van der Waals surface area contributed by atoms with Crippen molar-refractivity contribution in [3.05, 3.63) is 0 Å². The lowest BCUT2D eigenvalue weighted by Crippen LogP contribution is -2.03. The normalized spacial score (nSPS) is 10.7. The summed E-state index contributed by atoms with van der Waals surface area (Å²) in [6.45, 7) is 9.00. The van der Waals surface area contributed by atoms with E-state index >= 15 is 0 Å². The third-order valence-electron chi connectivity index (χ3n) is 1.78. The molecule has 0 heteroatoms. The van der Waals surface area contributed by atoms with Gasteiger partial charge in [0, 0.05) is 12.8 Å². The molecule has 0 saturated carbocycles. The number of unbranched alkanes of at least 4 members (excludes halogenated alkanes) is 2. The fourth-order valence-electron chi connectivity index (χ4n) is 0.879. The van der Waals surface area contributed by atoms with Crippen molar-refractivity contribution in [2.75, 3.05) is 0 Å². The monoisotopic (exact) mass is 166 g/mol. The van der Waals surface area contributed by atoms with Crippen LogP contribution in [0.3, 0.4) is 0 Å². The third-order valence-corrected chi connectivity index (χ3v) is 1.78. The highest BCUT2D eigenvalue weighted by Crippen LogP contribution is 2.19. The molecule has 0 bridgehead atoms. The van der Waals surface area contributed by atoms with Crippen molar-refractivity contribution in [1.82, 2.24) is 0 Å². The van der Waals surface area contributed by atoms with E-state index in [0.29, 0.717) is 5.41 Å². The minimum Gasteiger partial charge on any atom is -0.103 e. The van der Waals surface area contributed by atoms with Gasteiger partial charge in [0.25, 0.3) is 0 Å². The Labute approximate surface area is 77.8 Å². The van der Waals surface area contributed by atoms with Gasteiger partial charge >= 0.3 is 0 Å². The Balaban J connectivity index is 3.33. The molecule has 0 saturated heterocycles. The fraction of sp³-hybridized carbons (Fsp3) is 0.833. The zero-order chi connectivity index (χ0) is 9.45. The molecule has 0 rings (SSSR count). The quantitative estimate of drug-likeness (QED) is 0.439. The summed E-state index contributed by atoms with van der Waals surface area (Å²) in [5.41, 5.74) is 0.444. The molecule has 0 amide bonds. The van der Waals surface area contributed by atoms with Gasteiger partial charge in [-0.1, -0.05) is 34.1 Å². The molecule has 0 aromatic carbocycles. The van der Waals surface area contributed by atoms with Crippen LogP contribution >= 0.6 is 0 Å². The average Bonchev–Trinajstić information content (AvgIpc) is 1.94. The van der Waals surface area contributed by atoms with Crippen LogP contribution in [-0.4, -0.2) is 0 Å². The molecular weight excluding hydrogens is 144 g/mol. The molecule has 0 aliphatic rings. The molecule has 0 spiro atoms. The van der Waals surface area contributed by atoms with Crippen LogP contribution in [-0.2, 0) is 0 Å². The van der Waals surface area contributed by atoms with Crippen molar-refractivity contribution in [2.45, 2.75) is 59.8 Å². The second kappa shape index (κ2) is 6.12. The summed E-state index contributed by atoms with van der Waals surface area (Å²) in [5.74, 6) is 6.44. The van der Waals surface area contributed by atoms with Crippen molar-refractivity contribution in [3.63, 3.8) is 0 Å². The molecule has 0 N–H and O–H groups in total. The van der Waals surface area contributed by atoms with Crippen LogP contribution in [0.5, 0.6) is 0 Å². The predicted octanol–water partition coefficient (Wildman–Crippen LogP) is 4.01. The molecule has 0 aromatic heterocycles. The lowest BCUT2D eigenvalue weighted by Gasteiger charge is -2.15. The van der Waals surface area contributed by atoms with Gasteiger partial charge in [0.05, 0.1) is 0 Å². The number of rotatable bonds is 3. The van der Waals surface area contributed by atoms with Gasteiger partial charge < -0.3 is 0 Å². The second-order valence-corrected chi connectivity index (χ2v) is 4.52. The van der Waals surface area contributed by atoms with E-state index in [1.54, 1.807) is 0 Å². The highest BCUT2D eigenvalue weighted by Gasteiger charge is 2.07. The summed E-state index contributed by atoms with van der Waals surface area (Å²) >= 11 is 0. The minimum absolute atomic E-state index is 0.444. The second-order valence-electron chi connectivity index (χ2n) is 4.52. The Morgan fingerprint density at radius 1 is 1.00 bits per heavy atom. The van der Waals surface area contributed by atoms with Crippen LogP contribution in [0, 0.1) is 17.3 Å². The first-order valence-electron chi connectivity index (χ1n) is 5.02. The van der Waals surface area contributed by atoms with Crippen LogP contribution in [0.15, 0.2) is 0 Å².